The summed E-state index contributed by atoms with van der Waals surface area (Å²) in [6.45, 7) is 6.32. The second-order valence-electron chi connectivity index (χ2n) is 8.76. The van der Waals surface area contributed by atoms with Gasteiger partial charge < -0.3 is 25.0 Å². The van der Waals surface area contributed by atoms with Gasteiger partial charge in [-0.2, -0.15) is 0 Å². The fourth-order valence-electron chi connectivity index (χ4n) is 3.61. The van der Waals surface area contributed by atoms with Crippen molar-refractivity contribution in [2.75, 3.05) is 26.3 Å². The monoisotopic (exact) mass is 479 g/mol. The molecule has 2 amide bonds. The van der Waals surface area contributed by atoms with Gasteiger partial charge in [0, 0.05) is 24.9 Å². The maximum Gasteiger partial charge on any atom is 0.408 e. The fraction of sp³-hybridized carbons (Fsp3) is 0.370. The summed E-state index contributed by atoms with van der Waals surface area (Å²) in [5, 5.41) is 5.43. The SMILES string of the molecule is CC(C)C[C@H](NC(=O)OCc1ccccc1)C(=O)NC(=CN1CCOCC1)C(=O)c1ccccc1. The molecular weight excluding hydrogens is 446 g/mol. The molecule has 8 nitrogen and oxygen atoms in total. The molecule has 0 unspecified atom stereocenters. The molecule has 35 heavy (non-hydrogen) atoms. The largest absolute Gasteiger partial charge is 0.445 e. The minimum absolute atomic E-state index is 0.0946. The standard InChI is InChI=1S/C27H33N3O5/c1-20(2)17-23(29-27(33)35-19-21-9-5-3-6-10-21)26(32)28-24(18-30-13-15-34-16-14-30)25(31)22-11-7-4-8-12-22/h3-12,18,20,23H,13-17,19H2,1-2H3,(H,28,32)(H,29,33)/t23-/m0/s1. The summed E-state index contributed by atoms with van der Waals surface area (Å²) in [7, 11) is 0. The minimum atomic E-state index is -0.866. The van der Waals surface area contributed by atoms with Crippen molar-refractivity contribution in [3.8, 4) is 0 Å². The molecule has 1 aliphatic heterocycles. The van der Waals surface area contributed by atoms with E-state index in [0.717, 1.165) is 5.56 Å². The molecule has 1 saturated heterocycles. The molecule has 1 atom stereocenters. The fourth-order valence-corrected chi connectivity index (χ4v) is 3.61. The van der Waals surface area contributed by atoms with E-state index in [9.17, 15) is 14.4 Å². The second kappa shape index (κ2) is 13.3. The summed E-state index contributed by atoms with van der Waals surface area (Å²) < 4.78 is 10.7. The van der Waals surface area contributed by atoms with Crippen LogP contribution in [0.3, 0.4) is 0 Å². The Bertz CT molecular complexity index is 1000. The summed E-state index contributed by atoms with van der Waals surface area (Å²) in [5.74, 6) is -0.656. The number of ether oxygens (including phenoxy) is 2. The summed E-state index contributed by atoms with van der Waals surface area (Å²) >= 11 is 0. The maximum atomic E-state index is 13.3. The number of hydrogen-bond acceptors (Lipinski definition) is 6. The number of carbonyl (C=O) groups excluding carboxylic acids is 3. The summed E-state index contributed by atoms with van der Waals surface area (Å²) in [4.78, 5) is 40.9. The first-order chi connectivity index (χ1) is 16.9. The van der Waals surface area contributed by atoms with Crippen molar-refractivity contribution in [2.24, 2.45) is 5.92 Å². The molecule has 186 valence electrons. The Kier molecular flexibility index (Phi) is 9.86. The predicted octanol–water partition coefficient (Wildman–Crippen LogP) is 3.50. The van der Waals surface area contributed by atoms with Gasteiger partial charge in [0.25, 0.3) is 0 Å². The van der Waals surface area contributed by atoms with E-state index < -0.39 is 18.0 Å². The number of nitrogens with one attached hydrogen (secondary N) is 2. The van der Waals surface area contributed by atoms with Crippen molar-refractivity contribution in [1.29, 1.82) is 0 Å². The molecule has 0 radical (unpaired) electrons. The number of morpholine rings is 1. The number of nitrogens with zero attached hydrogens (tertiary/aromatic N) is 1. The highest BCUT2D eigenvalue weighted by atomic mass is 16.5. The summed E-state index contributed by atoms with van der Waals surface area (Å²) in [6, 6.07) is 17.2. The number of Topliss-reactive ketones (excluding diaryl/α,β-unsaturated/α-hetero) is 1. The number of ketones is 1. The van der Waals surface area contributed by atoms with Crippen LogP contribution in [-0.4, -0.2) is 55.0 Å². The molecule has 3 rings (SSSR count). The van der Waals surface area contributed by atoms with Crippen molar-refractivity contribution in [3.05, 3.63) is 83.7 Å². The number of amides is 2. The zero-order valence-corrected chi connectivity index (χ0v) is 20.2. The lowest BCUT2D eigenvalue weighted by Gasteiger charge is -2.27. The van der Waals surface area contributed by atoms with Crippen LogP contribution in [-0.2, 0) is 20.9 Å². The Labute approximate surface area is 206 Å². The van der Waals surface area contributed by atoms with Gasteiger partial charge in [0.15, 0.2) is 0 Å². The second-order valence-corrected chi connectivity index (χ2v) is 8.76. The molecule has 0 aromatic heterocycles. The van der Waals surface area contributed by atoms with Gasteiger partial charge in [0.2, 0.25) is 11.7 Å². The highest BCUT2D eigenvalue weighted by Gasteiger charge is 2.26. The summed E-state index contributed by atoms with van der Waals surface area (Å²) in [6.07, 6.45) is 1.36. The molecule has 0 spiro atoms. The number of rotatable bonds is 10. The van der Waals surface area contributed by atoms with E-state index in [-0.39, 0.29) is 24.0 Å². The molecule has 2 N–H and O–H groups in total. The molecule has 0 saturated carbocycles. The van der Waals surface area contributed by atoms with Crippen molar-refractivity contribution >= 4 is 17.8 Å². The number of alkyl carbamates (subject to hydrolysis) is 1. The van der Waals surface area contributed by atoms with Crippen LogP contribution in [0.15, 0.2) is 72.6 Å². The van der Waals surface area contributed by atoms with Crippen LogP contribution in [0.1, 0.15) is 36.2 Å². The molecule has 8 heteroatoms. The van der Waals surface area contributed by atoms with Gasteiger partial charge in [0.1, 0.15) is 18.3 Å². The third-order valence-electron chi connectivity index (χ3n) is 5.42. The van der Waals surface area contributed by atoms with Crippen LogP contribution in [0.25, 0.3) is 0 Å². The minimum Gasteiger partial charge on any atom is -0.445 e. The molecule has 0 bridgehead atoms. The van der Waals surface area contributed by atoms with Gasteiger partial charge in [-0.3, -0.25) is 9.59 Å². The van der Waals surface area contributed by atoms with E-state index in [4.69, 9.17) is 9.47 Å². The van der Waals surface area contributed by atoms with Gasteiger partial charge in [-0.05, 0) is 17.9 Å². The number of carbonyl (C=O) groups is 3. The van der Waals surface area contributed by atoms with E-state index in [2.05, 4.69) is 10.6 Å². The number of hydrogen-bond donors (Lipinski definition) is 2. The third kappa shape index (κ3) is 8.57. The van der Waals surface area contributed by atoms with E-state index in [1.54, 1.807) is 30.5 Å². The smallest absolute Gasteiger partial charge is 0.408 e. The first-order valence-electron chi connectivity index (χ1n) is 11.8. The van der Waals surface area contributed by atoms with Crippen LogP contribution in [0.4, 0.5) is 4.79 Å². The Morgan fingerprint density at radius 3 is 2.26 bits per heavy atom. The van der Waals surface area contributed by atoms with Crippen LogP contribution in [0.2, 0.25) is 0 Å². The van der Waals surface area contributed by atoms with E-state index in [0.29, 0.717) is 38.3 Å². The van der Waals surface area contributed by atoms with E-state index in [1.807, 2.05) is 55.1 Å². The van der Waals surface area contributed by atoms with Crippen molar-refractivity contribution in [3.63, 3.8) is 0 Å². The van der Waals surface area contributed by atoms with Gasteiger partial charge in [-0.1, -0.05) is 74.5 Å². The summed E-state index contributed by atoms with van der Waals surface area (Å²) in [5.41, 5.74) is 1.45. The van der Waals surface area contributed by atoms with Crippen LogP contribution in [0.5, 0.6) is 0 Å². The van der Waals surface area contributed by atoms with Gasteiger partial charge >= 0.3 is 6.09 Å². The normalized spacial score (nSPS) is 14.8. The molecule has 2 aromatic rings. The van der Waals surface area contributed by atoms with Crippen molar-refractivity contribution in [1.82, 2.24) is 15.5 Å². The Morgan fingerprint density at radius 1 is 1.00 bits per heavy atom. The molecule has 1 heterocycles. The van der Waals surface area contributed by atoms with Gasteiger partial charge in [-0.15, -0.1) is 0 Å². The molecular formula is C27H33N3O5. The van der Waals surface area contributed by atoms with Crippen LogP contribution < -0.4 is 10.6 Å². The third-order valence-corrected chi connectivity index (χ3v) is 5.42. The quantitative estimate of drug-likeness (QED) is 0.400. The average Bonchev–Trinajstić information content (AvgIpc) is 2.87. The molecule has 2 aromatic carbocycles. The van der Waals surface area contributed by atoms with Crippen molar-refractivity contribution < 1.29 is 23.9 Å². The highest BCUT2D eigenvalue weighted by Crippen LogP contribution is 2.12. The molecule has 1 fully saturated rings. The number of benzene rings is 2. The Morgan fingerprint density at radius 2 is 1.63 bits per heavy atom. The van der Waals surface area contributed by atoms with Gasteiger partial charge in [0.05, 0.1) is 13.2 Å². The zero-order valence-electron chi connectivity index (χ0n) is 20.2. The van der Waals surface area contributed by atoms with Gasteiger partial charge in [-0.25, -0.2) is 4.79 Å². The lowest BCUT2D eigenvalue weighted by molar-refractivity contribution is -0.122. The highest BCUT2D eigenvalue weighted by molar-refractivity contribution is 6.10. The van der Waals surface area contributed by atoms with Crippen LogP contribution >= 0.6 is 0 Å². The van der Waals surface area contributed by atoms with Crippen molar-refractivity contribution in [2.45, 2.75) is 32.9 Å². The lowest BCUT2D eigenvalue weighted by Crippen LogP contribution is -2.48. The Balaban J connectivity index is 1.72. The van der Waals surface area contributed by atoms with E-state index in [1.165, 1.54) is 0 Å². The number of allylic oxidation sites excluding steroid dienone is 1. The first-order valence-corrected chi connectivity index (χ1v) is 11.8. The molecule has 0 aliphatic carbocycles. The predicted molar refractivity (Wildman–Crippen MR) is 132 cm³/mol. The topological polar surface area (TPSA) is 97.0 Å². The van der Waals surface area contributed by atoms with E-state index >= 15 is 0 Å². The molecule has 1 aliphatic rings. The Hall–Kier alpha value is -3.65. The average molecular weight is 480 g/mol. The zero-order chi connectivity index (χ0) is 25.0. The lowest BCUT2D eigenvalue weighted by atomic mass is 10.0. The maximum absolute atomic E-state index is 13.3. The van der Waals surface area contributed by atoms with Crippen LogP contribution in [0, 0.1) is 5.92 Å². The first kappa shape index (κ1) is 26.0.